The van der Waals surface area contributed by atoms with Gasteiger partial charge in [0, 0.05) is 4.43 Å². The maximum Gasteiger partial charge on any atom is 0.404 e. The highest BCUT2D eigenvalue weighted by Crippen LogP contribution is 2.23. The lowest BCUT2D eigenvalue weighted by molar-refractivity contribution is 0.0942. The number of rotatable bonds is 3. The van der Waals surface area contributed by atoms with E-state index >= 15 is 0 Å². The van der Waals surface area contributed by atoms with Crippen LogP contribution in [0.15, 0.2) is 0 Å². The van der Waals surface area contributed by atoms with E-state index in [1.165, 1.54) is 0 Å². The van der Waals surface area contributed by atoms with Crippen molar-refractivity contribution in [3.8, 4) is 0 Å². The van der Waals surface area contributed by atoms with Crippen molar-refractivity contribution in [3.05, 3.63) is 0 Å². The van der Waals surface area contributed by atoms with Gasteiger partial charge in [-0.15, -0.1) is 0 Å². The molecule has 1 unspecified atom stereocenters. The van der Waals surface area contributed by atoms with E-state index in [2.05, 4.69) is 43.4 Å². The average Bonchev–Trinajstić information content (AvgIpc) is 1.82. The summed E-state index contributed by atoms with van der Waals surface area (Å²) >= 11 is 2.19. The van der Waals surface area contributed by atoms with Gasteiger partial charge in [-0.2, -0.15) is 0 Å². The summed E-state index contributed by atoms with van der Waals surface area (Å²) in [5, 5.41) is 0. The largest absolute Gasteiger partial charge is 0.446 e. The first-order chi connectivity index (χ1) is 5.35. The molecule has 0 aliphatic carbocycles. The molecule has 0 bridgehead atoms. The summed E-state index contributed by atoms with van der Waals surface area (Å²) in [6, 6.07) is 0. The predicted molar refractivity (Wildman–Crippen MR) is 57.4 cm³/mol. The van der Waals surface area contributed by atoms with Crippen LogP contribution in [0.2, 0.25) is 0 Å². The van der Waals surface area contributed by atoms with Gasteiger partial charge >= 0.3 is 6.09 Å². The molecular formula is C8H16INO2. The van der Waals surface area contributed by atoms with Crippen LogP contribution in [0.5, 0.6) is 0 Å². The Kier molecular flexibility index (Phi) is 4.89. The fraction of sp³-hybridized carbons (Fsp3) is 0.875. The maximum atomic E-state index is 10.5. The van der Waals surface area contributed by atoms with Crippen LogP contribution in [0, 0.1) is 5.41 Å². The minimum atomic E-state index is -0.680. The molecule has 0 saturated carbocycles. The van der Waals surface area contributed by atoms with Crippen molar-refractivity contribution in [2.45, 2.75) is 33.3 Å². The molecule has 0 aliphatic heterocycles. The summed E-state index contributed by atoms with van der Waals surface area (Å²) in [6.07, 6.45) is 0.114. The second-order valence-corrected chi connectivity index (χ2v) is 4.86. The first-order valence-electron chi connectivity index (χ1n) is 3.87. The zero-order chi connectivity index (χ0) is 9.78. The van der Waals surface area contributed by atoms with Gasteiger partial charge in [0.05, 0.1) is 0 Å². The van der Waals surface area contributed by atoms with Crippen LogP contribution < -0.4 is 5.73 Å². The van der Waals surface area contributed by atoms with Crippen LogP contribution in [0.1, 0.15) is 27.2 Å². The molecule has 0 saturated heterocycles. The minimum absolute atomic E-state index is 0.0527. The molecule has 0 aromatic carbocycles. The van der Waals surface area contributed by atoms with E-state index < -0.39 is 6.09 Å². The van der Waals surface area contributed by atoms with E-state index in [0.29, 0.717) is 0 Å². The topological polar surface area (TPSA) is 52.3 Å². The Morgan fingerprint density at radius 1 is 1.58 bits per heavy atom. The number of primary amides is 1. The Hall–Kier alpha value is 0. The monoisotopic (exact) mass is 285 g/mol. The summed E-state index contributed by atoms with van der Waals surface area (Å²) in [7, 11) is 0. The van der Waals surface area contributed by atoms with Gasteiger partial charge in [-0.05, 0) is 11.8 Å². The fourth-order valence-corrected chi connectivity index (χ4v) is 1.47. The molecule has 1 amide bonds. The van der Waals surface area contributed by atoms with Crippen molar-refractivity contribution in [2.24, 2.45) is 11.1 Å². The third kappa shape index (κ3) is 6.69. The first kappa shape index (κ1) is 12.0. The smallest absolute Gasteiger partial charge is 0.404 e. The van der Waals surface area contributed by atoms with Gasteiger partial charge in [-0.3, -0.25) is 0 Å². The number of ether oxygens (including phenoxy) is 1. The Labute approximate surface area is 87.2 Å². The lowest BCUT2D eigenvalue weighted by Gasteiger charge is -2.23. The summed E-state index contributed by atoms with van der Waals surface area (Å²) < 4.78 is 5.70. The van der Waals surface area contributed by atoms with Crippen LogP contribution in [0.4, 0.5) is 4.79 Å². The van der Waals surface area contributed by atoms with E-state index in [1.54, 1.807) is 0 Å². The quantitative estimate of drug-likeness (QED) is 0.639. The number of amides is 1. The molecule has 72 valence electrons. The number of carbonyl (C=O) groups is 1. The van der Waals surface area contributed by atoms with E-state index in [0.717, 1.165) is 10.8 Å². The third-order valence-corrected chi connectivity index (χ3v) is 2.28. The number of hydrogen-bond donors (Lipinski definition) is 1. The van der Waals surface area contributed by atoms with Crippen molar-refractivity contribution in [2.75, 3.05) is 4.43 Å². The first-order valence-corrected chi connectivity index (χ1v) is 5.40. The molecule has 2 N–H and O–H groups in total. The maximum absolute atomic E-state index is 10.5. The molecule has 0 radical (unpaired) electrons. The van der Waals surface area contributed by atoms with Crippen molar-refractivity contribution in [1.82, 2.24) is 0 Å². The Morgan fingerprint density at radius 2 is 2.08 bits per heavy atom. The van der Waals surface area contributed by atoms with E-state index in [1.807, 2.05) is 0 Å². The van der Waals surface area contributed by atoms with E-state index in [4.69, 9.17) is 10.5 Å². The fourth-order valence-electron chi connectivity index (χ4n) is 0.975. The molecule has 0 fully saturated rings. The Morgan fingerprint density at radius 3 is 2.33 bits per heavy atom. The standard InChI is InChI=1S/C8H16INO2/c1-8(2,3)4-6(5-9)12-7(10)11/h6H,4-5H2,1-3H3,(H2,10,11). The molecule has 0 aliphatic rings. The van der Waals surface area contributed by atoms with Gasteiger partial charge in [0.1, 0.15) is 6.10 Å². The molecule has 12 heavy (non-hydrogen) atoms. The molecule has 4 heteroatoms. The van der Waals surface area contributed by atoms with Crippen LogP contribution in [-0.2, 0) is 4.74 Å². The highest BCUT2D eigenvalue weighted by molar-refractivity contribution is 14.1. The van der Waals surface area contributed by atoms with E-state index in [-0.39, 0.29) is 11.5 Å². The second-order valence-electron chi connectivity index (χ2n) is 3.98. The van der Waals surface area contributed by atoms with Gasteiger partial charge in [0.2, 0.25) is 0 Å². The molecule has 3 nitrogen and oxygen atoms in total. The summed E-state index contributed by atoms with van der Waals surface area (Å²) in [4.78, 5) is 10.5. The molecule has 0 aromatic rings. The minimum Gasteiger partial charge on any atom is -0.446 e. The van der Waals surface area contributed by atoms with Crippen molar-refractivity contribution >= 4 is 28.7 Å². The number of halogens is 1. The zero-order valence-corrected chi connectivity index (χ0v) is 9.92. The second kappa shape index (κ2) is 4.89. The summed E-state index contributed by atoms with van der Waals surface area (Å²) in [5.74, 6) is 0. The molecule has 0 spiro atoms. The molecule has 1 atom stereocenters. The number of alkyl halides is 1. The number of hydrogen-bond acceptors (Lipinski definition) is 2. The van der Waals surface area contributed by atoms with Crippen molar-refractivity contribution in [1.29, 1.82) is 0 Å². The van der Waals surface area contributed by atoms with Crippen molar-refractivity contribution < 1.29 is 9.53 Å². The molecule has 0 rings (SSSR count). The summed E-state index contributed by atoms with van der Waals surface area (Å²) in [6.45, 7) is 6.32. The lowest BCUT2D eigenvalue weighted by Crippen LogP contribution is -2.27. The SMILES string of the molecule is CC(C)(C)CC(CI)OC(N)=O. The molecular weight excluding hydrogens is 269 g/mol. The van der Waals surface area contributed by atoms with Gasteiger partial charge in [-0.1, -0.05) is 43.4 Å². The average molecular weight is 285 g/mol. The number of nitrogens with two attached hydrogens (primary N) is 1. The lowest BCUT2D eigenvalue weighted by atomic mass is 9.90. The molecule has 0 aromatic heterocycles. The zero-order valence-electron chi connectivity index (χ0n) is 7.76. The van der Waals surface area contributed by atoms with Gasteiger partial charge in [0.15, 0.2) is 0 Å². The highest BCUT2D eigenvalue weighted by Gasteiger charge is 2.19. The van der Waals surface area contributed by atoms with Crippen LogP contribution in [0.3, 0.4) is 0 Å². The third-order valence-electron chi connectivity index (χ3n) is 1.29. The Bertz CT molecular complexity index is 154. The molecule has 0 heterocycles. The van der Waals surface area contributed by atoms with Crippen LogP contribution >= 0.6 is 22.6 Å². The van der Waals surface area contributed by atoms with Crippen LogP contribution in [0.25, 0.3) is 0 Å². The van der Waals surface area contributed by atoms with E-state index in [9.17, 15) is 4.79 Å². The normalized spacial score (nSPS) is 14.0. The van der Waals surface area contributed by atoms with Gasteiger partial charge < -0.3 is 10.5 Å². The van der Waals surface area contributed by atoms with Gasteiger partial charge in [0.25, 0.3) is 0 Å². The summed E-state index contributed by atoms with van der Waals surface area (Å²) in [5.41, 5.74) is 5.10. The highest BCUT2D eigenvalue weighted by atomic mass is 127. The van der Waals surface area contributed by atoms with Crippen LogP contribution in [-0.4, -0.2) is 16.6 Å². The predicted octanol–water partition coefficient (Wildman–Crippen LogP) is 2.32. The van der Waals surface area contributed by atoms with Gasteiger partial charge in [-0.25, -0.2) is 4.79 Å². The van der Waals surface area contributed by atoms with Crippen molar-refractivity contribution in [3.63, 3.8) is 0 Å². The Balaban J connectivity index is 3.92. The number of carbonyl (C=O) groups excluding carboxylic acids is 1.